The van der Waals surface area contributed by atoms with E-state index in [2.05, 4.69) is 0 Å². The molecule has 2 fully saturated rings. The number of quaternary nitrogens is 1. The first kappa shape index (κ1) is 19.8. The average molecular weight is 395 g/mol. The third-order valence-electron chi connectivity index (χ3n) is 5.70. The Labute approximate surface area is 161 Å². The Morgan fingerprint density at radius 1 is 1.37 bits per heavy atom. The number of ether oxygens (including phenoxy) is 1. The first-order valence-corrected chi connectivity index (χ1v) is 10.3. The zero-order valence-corrected chi connectivity index (χ0v) is 16.4. The number of fused-ring (bicyclic) bond motifs is 1. The van der Waals surface area contributed by atoms with Crippen LogP contribution in [0.3, 0.4) is 0 Å². The van der Waals surface area contributed by atoms with Gasteiger partial charge in [-0.15, -0.1) is 0 Å². The maximum absolute atomic E-state index is 13.8. The van der Waals surface area contributed by atoms with Crippen LogP contribution < -0.4 is 5.32 Å². The van der Waals surface area contributed by atoms with Crippen molar-refractivity contribution < 1.29 is 28.8 Å². The van der Waals surface area contributed by atoms with Gasteiger partial charge in [0.25, 0.3) is 0 Å². The third-order valence-corrected chi connectivity index (χ3v) is 6.31. The fourth-order valence-electron chi connectivity index (χ4n) is 4.51. The number of esters is 1. The quantitative estimate of drug-likeness (QED) is 0.567. The Morgan fingerprint density at radius 2 is 2.11 bits per heavy atom. The SMILES string of the molecule is CCN1C(=O)[C@@H]2[C@@H](c3cccc(F)c3)[NH2+][C@@](CCSC)(C(=O)OC)[C@@H]2C1=O. The molecule has 2 saturated heterocycles. The lowest BCUT2D eigenvalue weighted by molar-refractivity contribution is -0.734. The lowest BCUT2D eigenvalue weighted by atomic mass is 9.78. The molecule has 2 heterocycles. The number of benzene rings is 1. The molecule has 3 rings (SSSR count). The minimum absolute atomic E-state index is 0.250. The van der Waals surface area contributed by atoms with Gasteiger partial charge in [0.15, 0.2) is 0 Å². The Hall–Kier alpha value is -1.93. The van der Waals surface area contributed by atoms with Gasteiger partial charge in [0, 0.05) is 18.5 Å². The molecular weight excluding hydrogens is 371 g/mol. The molecule has 2 N–H and O–H groups in total. The molecule has 0 saturated carbocycles. The van der Waals surface area contributed by atoms with E-state index in [4.69, 9.17) is 4.74 Å². The number of imide groups is 1. The smallest absolute Gasteiger partial charge is 0.368 e. The van der Waals surface area contributed by atoms with Crippen molar-refractivity contribution >= 4 is 29.5 Å². The van der Waals surface area contributed by atoms with Crippen LogP contribution in [0.15, 0.2) is 24.3 Å². The van der Waals surface area contributed by atoms with Gasteiger partial charge < -0.3 is 10.1 Å². The topological polar surface area (TPSA) is 80.3 Å². The Morgan fingerprint density at radius 3 is 2.70 bits per heavy atom. The van der Waals surface area contributed by atoms with Gasteiger partial charge in [-0.2, -0.15) is 11.8 Å². The summed E-state index contributed by atoms with van der Waals surface area (Å²) in [5, 5.41) is 1.77. The van der Waals surface area contributed by atoms with Crippen molar-refractivity contribution in [1.29, 1.82) is 0 Å². The number of amides is 2. The third kappa shape index (κ3) is 3.04. The number of nitrogens with zero attached hydrogens (tertiary/aromatic N) is 1. The molecule has 27 heavy (non-hydrogen) atoms. The molecule has 1 aromatic rings. The monoisotopic (exact) mass is 395 g/mol. The molecule has 0 spiro atoms. The van der Waals surface area contributed by atoms with E-state index >= 15 is 0 Å². The number of carbonyl (C=O) groups is 3. The van der Waals surface area contributed by atoms with E-state index in [1.54, 1.807) is 36.1 Å². The number of hydrogen-bond donors (Lipinski definition) is 1. The molecule has 0 aliphatic carbocycles. The summed E-state index contributed by atoms with van der Waals surface area (Å²) in [6.45, 7) is 1.99. The van der Waals surface area contributed by atoms with Gasteiger partial charge in [0.2, 0.25) is 17.4 Å². The van der Waals surface area contributed by atoms with Gasteiger partial charge in [-0.25, -0.2) is 9.18 Å². The van der Waals surface area contributed by atoms with Crippen molar-refractivity contribution in [2.45, 2.75) is 24.9 Å². The van der Waals surface area contributed by atoms with Crippen LogP contribution in [-0.2, 0) is 19.1 Å². The summed E-state index contributed by atoms with van der Waals surface area (Å²) in [4.78, 5) is 40.1. The summed E-state index contributed by atoms with van der Waals surface area (Å²) in [5.41, 5.74) is -0.588. The maximum Gasteiger partial charge on any atom is 0.368 e. The van der Waals surface area contributed by atoms with E-state index < -0.39 is 35.2 Å². The van der Waals surface area contributed by atoms with Crippen LogP contribution in [-0.4, -0.2) is 53.9 Å². The number of hydrogen-bond acceptors (Lipinski definition) is 5. The van der Waals surface area contributed by atoms with Crippen LogP contribution in [0.2, 0.25) is 0 Å². The Bertz CT molecular complexity index is 774. The molecule has 6 nitrogen and oxygen atoms in total. The standard InChI is InChI=1S/C19H23FN2O4S/c1-4-22-16(23)13-14(17(22)24)19(8-9-27-3,18(25)26-2)21-15(13)11-6-5-7-12(20)10-11/h5-7,10,13-15,21H,4,8-9H2,1-3H3/p+1/t13-,14-,15+,19+/m0/s1. The van der Waals surface area contributed by atoms with Crippen molar-refractivity contribution in [3.05, 3.63) is 35.6 Å². The first-order chi connectivity index (χ1) is 12.9. The minimum Gasteiger partial charge on any atom is -0.464 e. The van der Waals surface area contributed by atoms with Gasteiger partial charge in [-0.05, 0) is 31.1 Å². The summed E-state index contributed by atoms with van der Waals surface area (Å²) in [5.74, 6) is -2.44. The molecule has 4 atom stereocenters. The van der Waals surface area contributed by atoms with Crippen molar-refractivity contribution in [3.63, 3.8) is 0 Å². The zero-order valence-electron chi connectivity index (χ0n) is 15.6. The lowest BCUT2D eigenvalue weighted by Gasteiger charge is -2.29. The number of methoxy groups -OCH3 is 1. The summed E-state index contributed by atoms with van der Waals surface area (Å²) < 4.78 is 18.9. The summed E-state index contributed by atoms with van der Waals surface area (Å²) >= 11 is 1.56. The van der Waals surface area contributed by atoms with Crippen molar-refractivity contribution in [2.75, 3.05) is 25.7 Å². The van der Waals surface area contributed by atoms with Crippen molar-refractivity contribution in [2.24, 2.45) is 11.8 Å². The van der Waals surface area contributed by atoms with Gasteiger partial charge in [-0.1, -0.05) is 12.1 Å². The second-order valence-corrected chi connectivity index (χ2v) is 7.93. The van der Waals surface area contributed by atoms with E-state index in [9.17, 15) is 18.8 Å². The van der Waals surface area contributed by atoms with E-state index in [0.29, 0.717) is 17.7 Å². The van der Waals surface area contributed by atoms with Crippen molar-refractivity contribution in [1.82, 2.24) is 4.90 Å². The molecule has 0 unspecified atom stereocenters. The normalized spacial score (nSPS) is 29.9. The zero-order chi connectivity index (χ0) is 19.8. The predicted octanol–water partition coefficient (Wildman–Crippen LogP) is 0.730. The Balaban J connectivity index is 2.14. The largest absolute Gasteiger partial charge is 0.464 e. The second kappa shape index (κ2) is 7.59. The molecule has 2 aliphatic heterocycles. The van der Waals surface area contributed by atoms with Crippen LogP contribution in [0.1, 0.15) is 24.9 Å². The fourth-order valence-corrected chi connectivity index (χ4v) is 5.05. The van der Waals surface area contributed by atoms with Crippen LogP contribution in [0.5, 0.6) is 0 Å². The first-order valence-electron chi connectivity index (χ1n) is 8.95. The number of halogens is 1. The molecule has 2 aliphatic rings. The average Bonchev–Trinajstić information content (AvgIpc) is 3.14. The van der Waals surface area contributed by atoms with Crippen LogP contribution >= 0.6 is 11.8 Å². The predicted molar refractivity (Wildman–Crippen MR) is 98.2 cm³/mol. The highest BCUT2D eigenvalue weighted by molar-refractivity contribution is 7.98. The number of nitrogens with two attached hydrogens (primary N) is 1. The molecule has 0 radical (unpaired) electrons. The van der Waals surface area contributed by atoms with Gasteiger partial charge in [0.05, 0.1) is 7.11 Å². The van der Waals surface area contributed by atoms with E-state index in [1.807, 2.05) is 6.26 Å². The van der Waals surface area contributed by atoms with E-state index in [0.717, 1.165) is 0 Å². The van der Waals surface area contributed by atoms with Gasteiger partial charge in [-0.3, -0.25) is 14.5 Å². The van der Waals surface area contributed by atoms with Gasteiger partial charge >= 0.3 is 5.97 Å². The van der Waals surface area contributed by atoms with E-state index in [1.165, 1.54) is 24.1 Å². The molecule has 2 amide bonds. The molecule has 1 aromatic carbocycles. The molecular formula is C19H24FN2O4S+. The highest BCUT2D eigenvalue weighted by Crippen LogP contribution is 2.46. The lowest BCUT2D eigenvalue weighted by Crippen LogP contribution is -2.98. The molecule has 0 aromatic heterocycles. The maximum atomic E-state index is 13.8. The van der Waals surface area contributed by atoms with Crippen LogP contribution in [0.25, 0.3) is 0 Å². The number of thioether (sulfide) groups is 1. The summed E-state index contributed by atoms with van der Waals surface area (Å²) in [6, 6.07) is 5.49. The van der Waals surface area contributed by atoms with Crippen molar-refractivity contribution in [3.8, 4) is 0 Å². The van der Waals surface area contributed by atoms with Gasteiger partial charge in [0.1, 0.15) is 23.7 Å². The summed E-state index contributed by atoms with van der Waals surface area (Å²) in [6.07, 6.45) is 2.31. The molecule has 146 valence electrons. The second-order valence-electron chi connectivity index (χ2n) is 6.95. The number of carbonyl (C=O) groups excluding carboxylic acids is 3. The Kier molecular flexibility index (Phi) is 5.58. The highest BCUT2D eigenvalue weighted by atomic mass is 32.2. The molecule has 8 heteroatoms. The molecule has 0 bridgehead atoms. The summed E-state index contributed by atoms with van der Waals surface area (Å²) in [7, 11) is 1.29. The van der Waals surface area contributed by atoms with E-state index in [-0.39, 0.29) is 18.4 Å². The minimum atomic E-state index is -1.18. The highest BCUT2D eigenvalue weighted by Gasteiger charge is 2.71. The van der Waals surface area contributed by atoms with Crippen LogP contribution in [0, 0.1) is 17.7 Å². The van der Waals surface area contributed by atoms with Crippen LogP contribution in [0.4, 0.5) is 4.39 Å². The number of rotatable bonds is 6. The fraction of sp³-hybridized carbons (Fsp3) is 0.526. The number of likely N-dealkylation sites (tertiary alicyclic amines) is 1.